The Balaban J connectivity index is 1.90. The molecular formula is C15H22ClNO. The monoisotopic (exact) mass is 267 g/mol. The number of nitrogens with one attached hydrogen (secondary N) is 1. The van der Waals surface area contributed by atoms with Crippen molar-refractivity contribution in [1.29, 1.82) is 0 Å². The van der Waals surface area contributed by atoms with E-state index in [0.717, 1.165) is 41.8 Å². The summed E-state index contributed by atoms with van der Waals surface area (Å²) in [6.07, 6.45) is 5.12. The molecule has 0 aromatic heterocycles. The summed E-state index contributed by atoms with van der Waals surface area (Å²) in [7, 11) is 0. The second-order valence-electron chi connectivity index (χ2n) is 5.12. The molecule has 2 rings (SSSR count). The second-order valence-corrected chi connectivity index (χ2v) is 5.53. The van der Waals surface area contributed by atoms with Crippen molar-refractivity contribution >= 4 is 11.6 Å². The fourth-order valence-electron chi connectivity index (χ4n) is 1.99. The van der Waals surface area contributed by atoms with Gasteiger partial charge in [0.2, 0.25) is 0 Å². The summed E-state index contributed by atoms with van der Waals surface area (Å²) in [5, 5.41) is 4.33. The van der Waals surface area contributed by atoms with Crippen LogP contribution in [0.25, 0.3) is 0 Å². The lowest BCUT2D eigenvalue weighted by Gasteiger charge is -2.19. The average Bonchev–Trinajstić information content (AvgIpc) is 3.15. The molecule has 1 aliphatic carbocycles. The molecule has 0 bridgehead atoms. The van der Waals surface area contributed by atoms with Crippen LogP contribution in [0.4, 0.5) is 0 Å². The minimum Gasteiger partial charge on any atom is -0.489 e. The molecule has 100 valence electrons. The van der Waals surface area contributed by atoms with Crippen LogP contribution < -0.4 is 10.1 Å². The molecule has 0 aliphatic heterocycles. The quantitative estimate of drug-likeness (QED) is 0.808. The Bertz CT molecular complexity index is 390. The topological polar surface area (TPSA) is 21.3 Å². The molecule has 0 saturated heterocycles. The number of aryl methyl sites for hydroxylation is 1. The highest BCUT2D eigenvalue weighted by atomic mass is 35.5. The summed E-state index contributed by atoms with van der Waals surface area (Å²) < 4.78 is 6.05. The van der Waals surface area contributed by atoms with Crippen LogP contribution in [-0.2, 0) is 0 Å². The Kier molecular flexibility index (Phi) is 4.90. The number of benzene rings is 1. The van der Waals surface area contributed by atoms with E-state index in [1.165, 1.54) is 12.8 Å². The van der Waals surface area contributed by atoms with Crippen molar-refractivity contribution in [3.63, 3.8) is 0 Å². The zero-order valence-corrected chi connectivity index (χ0v) is 12.0. The number of halogens is 1. The van der Waals surface area contributed by atoms with Gasteiger partial charge in [0, 0.05) is 17.6 Å². The third-order valence-corrected chi connectivity index (χ3v) is 3.68. The molecule has 0 radical (unpaired) electrons. The summed E-state index contributed by atoms with van der Waals surface area (Å²) in [6, 6.07) is 6.61. The fraction of sp³-hybridized carbons (Fsp3) is 0.600. The normalized spacial score (nSPS) is 16.6. The van der Waals surface area contributed by atoms with Crippen molar-refractivity contribution in [2.24, 2.45) is 0 Å². The summed E-state index contributed by atoms with van der Waals surface area (Å²) in [5.74, 6) is 0.924. The third-order valence-electron chi connectivity index (χ3n) is 3.25. The lowest BCUT2D eigenvalue weighted by molar-refractivity contribution is 0.186. The van der Waals surface area contributed by atoms with Crippen molar-refractivity contribution in [3.05, 3.63) is 28.8 Å². The van der Waals surface area contributed by atoms with Crippen LogP contribution in [-0.4, -0.2) is 18.7 Å². The fourth-order valence-corrected chi connectivity index (χ4v) is 2.11. The van der Waals surface area contributed by atoms with Crippen molar-refractivity contribution in [1.82, 2.24) is 5.32 Å². The molecule has 1 aromatic carbocycles. The Morgan fingerprint density at radius 1 is 1.44 bits per heavy atom. The van der Waals surface area contributed by atoms with Crippen molar-refractivity contribution < 1.29 is 4.74 Å². The van der Waals surface area contributed by atoms with E-state index in [4.69, 9.17) is 16.3 Å². The first kappa shape index (κ1) is 13.7. The van der Waals surface area contributed by atoms with Crippen LogP contribution in [0.15, 0.2) is 18.2 Å². The van der Waals surface area contributed by atoms with Gasteiger partial charge in [-0.3, -0.25) is 0 Å². The van der Waals surface area contributed by atoms with Crippen LogP contribution in [0.3, 0.4) is 0 Å². The van der Waals surface area contributed by atoms with Gasteiger partial charge in [0.25, 0.3) is 0 Å². The number of ether oxygens (including phenoxy) is 1. The Morgan fingerprint density at radius 2 is 2.22 bits per heavy atom. The molecule has 0 amide bonds. The molecule has 2 nitrogen and oxygen atoms in total. The van der Waals surface area contributed by atoms with E-state index in [-0.39, 0.29) is 6.10 Å². The molecule has 1 atom stereocenters. The van der Waals surface area contributed by atoms with Crippen molar-refractivity contribution in [2.45, 2.75) is 51.7 Å². The van der Waals surface area contributed by atoms with Crippen LogP contribution in [0.2, 0.25) is 5.02 Å². The van der Waals surface area contributed by atoms with E-state index < -0.39 is 0 Å². The summed E-state index contributed by atoms with van der Waals surface area (Å²) >= 11 is 6.02. The molecule has 1 N–H and O–H groups in total. The van der Waals surface area contributed by atoms with E-state index in [9.17, 15) is 0 Å². The molecule has 0 spiro atoms. The lowest BCUT2D eigenvalue weighted by Crippen LogP contribution is -2.32. The standard InChI is InChI=1S/C15H22ClNO/c1-3-4-14(10-17-12-5-6-12)18-13-7-8-15(16)11(2)9-13/h7-9,12,14,17H,3-6,10H2,1-2H3. The van der Waals surface area contributed by atoms with Gasteiger partial charge in [-0.1, -0.05) is 24.9 Å². The van der Waals surface area contributed by atoms with E-state index in [1.807, 2.05) is 25.1 Å². The molecule has 1 fully saturated rings. The van der Waals surface area contributed by atoms with Crippen molar-refractivity contribution in [2.75, 3.05) is 6.54 Å². The van der Waals surface area contributed by atoms with Crippen LogP contribution >= 0.6 is 11.6 Å². The first-order chi connectivity index (χ1) is 8.69. The maximum absolute atomic E-state index is 6.05. The molecule has 3 heteroatoms. The maximum Gasteiger partial charge on any atom is 0.120 e. The third kappa shape index (κ3) is 4.18. The van der Waals surface area contributed by atoms with Crippen LogP contribution in [0, 0.1) is 6.92 Å². The summed E-state index contributed by atoms with van der Waals surface area (Å²) in [6.45, 7) is 5.15. The molecule has 0 heterocycles. The van der Waals surface area contributed by atoms with Crippen LogP contribution in [0.1, 0.15) is 38.2 Å². The largest absolute Gasteiger partial charge is 0.489 e. The summed E-state index contributed by atoms with van der Waals surface area (Å²) in [4.78, 5) is 0. The van der Waals surface area contributed by atoms with E-state index in [2.05, 4.69) is 12.2 Å². The zero-order chi connectivity index (χ0) is 13.0. The highest BCUT2D eigenvalue weighted by Gasteiger charge is 2.22. The zero-order valence-electron chi connectivity index (χ0n) is 11.2. The number of rotatable bonds is 7. The highest BCUT2D eigenvalue weighted by molar-refractivity contribution is 6.31. The Labute approximate surface area is 115 Å². The van der Waals surface area contributed by atoms with Gasteiger partial charge >= 0.3 is 0 Å². The van der Waals surface area contributed by atoms with Gasteiger partial charge in [-0.15, -0.1) is 0 Å². The maximum atomic E-state index is 6.05. The van der Waals surface area contributed by atoms with Gasteiger partial charge in [0.05, 0.1) is 0 Å². The van der Waals surface area contributed by atoms with E-state index >= 15 is 0 Å². The van der Waals surface area contributed by atoms with E-state index in [1.54, 1.807) is 0 Å². The van der Waals surface area contributed by atoms with Gasteiger partial charge in [-0.05, 0) is 49.9 Å². The Hall–Kier alpha value is -0.730. The highest BCUT2D eigenvalue weighted by Crippen LogP contribution is 2.23. The molecule has 1 unspecified atom stereocenters. The SMILES string of the molecule is CCCC(CNC1CC1)Oc1ccc(Cl)c(C)c1. The minimum absolute atomic E-state index is 0.260. The number of hydrogen-bond acceptors (Lipinski definition) is 2. The van der Waals surface area contributed by atoms with Gasteiger partial charge < -0.3 is 10.1 Å². The predicted octanol–water partition coefficient (Wildman–Crippen LogP) is 3.95. The smallest absolute Gasteiger partial charge is 0.120 e. The van der Waals surface area contributed by atoms with Gasteiger partial charge in [0.1, 0.15) is 11.9 Å². The van der Waals surface area contributed by atoms with Gasteiger partial charge in [-0.25, -0.2) is 0 Å². The molecule has 1 aromatic rings. The average molecular weight is 268 g/mol. The molecule has 1 saturated carbocycles. The molecular weight excluding hydrogens is 246 g/mol. The second kappa shape index (κ2) is 6.44. The minimum atomic E-state index is 0.260. The van der Waals surface area contributed by atoms with Gasteiger partial charge in [0.15, 0.2) is 0 Å². The molecule has 1 aliphatic rings. The first-order valence-corrected chi connectivity index (χ1v) is 7.23. The first-order valence-electron chi connectivity index (χ1n) is 6.85. The predicted molar refractivity (Wildman–Crippen MR) is 76.5 cm³/mol. The lowest BCUT2D eigenvalue weighted by atomic mass is 10.2. The van der Waals surface area contributed by atoms with E-state index in [0.29, 0.717) is 0 Å². The summed E-state index contributed by atoms with van der Waals surface area (Å²) in [5.41, 5.74) is 1.07. The number of hydrogen-bond donors (Lipinski definition) is 1. The van der Waals surface area contributed by atoms with Crippen molar-refractivity contribution in [3.8, 4) is 5.75 Å². The Morgan fingerprint density at radius 3 is 2.83 bits per heavy atom. The van der Waals surface area contributed by atoms with Crippen LogP contribution in [0.5, 0.6) is 5.75 Å². The molecule has 18 heavy (non-hydrogen) atoms. The van der Waals surface area contributed by atoms with Gasteiger partial charge in [-0.2, -0.15) is 0 Å².